The average Bonchev–Trinajstić information content (AvgIpc) is 1.84. The van der Waals surface area contributed by atoms with E-state index in [9.17, 15) is 13.2 Å². The second kappa shape index (κ2) is 4.53. The van der Waals surface area contributed by atoms with Crippen molar-refractivity contribution in [3.63, 3.8) is 0 Å². The maximum Gasteiger partial charge on any atom is 0.391 e. The quantitative estimate of drug-likeness (QED) is 0.577. The standard InChI is InChI=1S/C9H15F3/c1-7(2)5-4-6-8(3)9(10,11)12/h5,8H,4,6H2,1-3H3/t8-/m0/s1. The minimum atomic E-state index is -4.03. The van der Waals surface area contributed by atoms with Gasteiger partial charge in [-0.15, -0.1) is 0 Å². The fourth-order valence-electron chi connectivity index (χ4n) is 0.786. The molecule has 0 nitrogen and oxygen atoms in total. The molecule has 0 radical (unpaired) electrons. The van der Waals surface area contributed by atoms with Crippen LogP contribution in [0.4, 0.5) is 13.2 Å². The highest BCUT2D eigenvalue weighted by Gasteiger charge is 2.34. The summed E-state index contributed by atoms with van der Waals surface area (Å²) in [5.41, 5.74) is 1.07. The molecule has 1 atom stereocenters. The number of alkyl halides is 3. The Hall–Kier alpha value is -0.470. The summed E-state index contributed by atoms with van der Waals surface area (Å²) in [5.74, 6) is -1.19. The normalized spacial score (nSPS) is 14.2. The van der Waals surface area contributed by atoms with Crippen LogP contribution in [0.5, 0.6) is 0 Å². The van der Waals surface area contributed by atoms with Crippen LogP contribution in [0.15, 0.2) is 11.6 Å². The molecular formula is C9H15F3. The Morgan fingerprint density at radius 2 is 1.83 bits per heavy atom. The van der Waals surface area contributed by atoms with Crippen molar-refractivity contribution in [2.45, 2.75) is 39.8 Å². The van der Waals surface area contributed by atoms with Gasteiger partial charge in [0, 0.05) is 0 Å². The Labute approximate surface area is 71.5 Å². The minimum Gasteiger partial charge on any atom is -0.171 e. The molecule has 0 aromatic heterocycles. The van der Waals surface area contributed by atoms with Gasteiger partial charge in [0.25, 0.3) is 0 Å². The first kappa shape index (κ1) is 11.5. The molecule has 0 bridgehead atoms. The van der Waals surface area contributed by atoms with E-state index in [0.717, 1.165) is 5.57 Å². The second-order valence-corrected chi connectivity index (χ2v) is 3.30. The lowest BCUT2D eigenvalue weighted by molar-refractivity contribution is -0.170. The highest BCUT2D eigenvalue weighted by Crippen LogP contribution is 2.29. The first-order valence-corrected chi connectivity index (χ1v) is 4.04. The van der Waals surface area contributed by atoms with Gasteiger partial charge >= 0.3 is 6.18 Å². The summed E-state index contributed by atoms with van der Waals surface area (Å²) in [5, 5.41) is 0. The van der Waals surface area contributed by atoms with Crippen LogP contribution in [0.1, 0.15) is 33.6 Å². The molecule has 3 heteroatoms. The highest BCUT2D eigenvalue weighted by atomic mass is 19.4. The van der Waals surface area contributed by atoms with E-state index in [1.807, 2.05) is 19.9 Å². The van der Waals surface area contributed by atoms with Crippen LogP contribution in [0.2, 0.25) is 0 Å². The Morgan fingerprint density at radius 3 is 2.17 bits per heavy atom. The van der Waals surface area contributed by atoms with Crippen molar-refractivity contribution in [3.05, 3.63) is 11.6 Å². The van der Waals surface area contributed by atoms with Crippen LogP contribution in [0, 0.1) is 5.92 Å². The molecule has 0 heterocycles. The average molecular weight is 180 g/mol. The molecule has 0 aliphatic carbocycles. The van der Waals surface area contributed by atoms with Crippen molar-refractivity contribution in [1.29, 1.82) is 0 Å². The third kappa shape index (κ3) is 5.22. The summed E-state index contributed by atoms with van der Waals surface area (Å²) < 4.78 is 35.9. The Morgan fingerprint density at radius 1 is 1.33 bits per heavy atom. The van der Waals surface area contributed by atoms with Crippen molar-refractivity contribution in [2.75, 3.05) is 0 Å². The van der Waals surface area contributed by atoms with Crippen molar-refractivity contribution in [1.82, 2.24) is 0 Å². The maximum absolute atomic E-state index is 12.0. The zero-order valence-electron chi connectivity index (χ0n) is 7.70. The molecular weight excluding hydrogens is 165 g/mol. The monoisotopic (exact) mass is 180 g/mol. The van der Waals surface area contributed by atoms with Crippen molar-refractivity contribution < 1.29 is 13.2 Å². The van der Waals surface area contributed by atoms with Gasteiger partial charge in [0.05, 0.1) is 5.92 Å². The topological polar surface area (TPSA) is 0 Å². The largest absolute Gasteiger partial charge is 0.391 e. The van der Waals surface area contributed by atoms with Crippen LogP contribution < -0.4 is 0 Å². The number of hydrogen-bond donors (Lipinski definition) is 0. The lowest BCUT2D eigenvalue weighted by atomic mass is 10.0. The van der Waals surface area contributed by atoms with Gasteiger partial charge in [0.2, 0.25) is 0 Å². The van der Waals surface area contributed by atoms with E-state index < -0.39 is 12.1 Å². The molecule has 0 unspecified atom stereocenters. The molecule has 0 saturated heterocycles. The van der Waals surface area contributed by atoms with Gasteiger partial charge in [-0.05, 0) is 26.7 Å². The fourth-order valence-corrected chi connectivity index (χ4v) is 0.786. The van der Waals surface area contributed by atoms with E-state index in [2.05, 4.69) is 0 Å². The van der Waals surface area contributed by atoms with Gasteiger partial charge in [0.1, 0.15) is 0 Å². The molecule has 0 N–H and O–H groups in total. The van der Waals surface area contributed by atoms with Crippen molar-refractivity contribution in [3.8, 4) is 0 Å². The van der Waals surface area contributed by atoms with Gasteiger partial charge in [0.15, 0.2) is 0 Å². The lowest BCUT2D eigenvalue weighted by Crippen LogP contribution is -2.19. The molecule has 0 aromatic carbocycles. The van der Waals surface area contributed by atoms with E-state index >= 15 is 0 Å². The van der Waals surface area contributed by atoms with Crippen LogP contribution in [-0.4, -0.2) is 6.18 Å². The van der Waals surface area contributed by atoms with Gasteiger partial charge in [-0.3, -0.25) is 0 Å². The summed E-state index contributed by atoms with van der Waals surface area (Å²) >= 11 is 0. The molecule has 72 valence electrons. The second-order valence-electron chi connectivity index (χ2n) is 3.30. The number of rotatable bonds is 3. The van der Waals surface area contributed by atoms with E-state index in [4.69, 9.17) is 0 Å². The summed E-state index contributed by atoms with van der Waals surface area (Å²) in [6.07, 6.45) is -1.49. The predicted octanol–water partition coefficient (Wildman–Crippen LogP) is 3.93. The molecule has 0 spiro atoms. The molecule has 0 fully saturated rings. The fraction of sp³-hybridized carbons (Fsp3) is 0.778. The SMILES string of the molecule is CC(C)=CCC[C@H](C)C(F)(F)F. The number of halogens is 3. The van der Waals surface area contributed by atoms with Gasteiger partial charge in [-0.1, -0.05) is 18.6 Å². The summed E-state index contributed by atoms with van der Waals surface area (Å²) in [6.45, 7) is 5.00. The van der Waals surface area contributed by atoms with Crippen LogP contribution in [-0.2, 0) is 0 Å². The molecule has 0 saturated carbocycles. The van der Waals surface area contributed by atoms with Crippen molar-refractivity contribution in [2.24, 2.45) is 5.92 Å². The summed E-state index contributed by atoms with van der Waals surface area (Å²) in [6, 6.07) is 0. The molecule has 0 aromatic rings. The first-order chi connectivity index (χ1) is 5.34. The summed E-state index contributed by atoms with van der Waals surface area (Å²) in [7, 11) is 0. The lowest BCUT2D eigenvalue weighted by Gasteiger charge is -2.13. The number of hydrogen-bond acceptors (Lipinski definition) is 0. The molecule has 0 aliphatic heterocycles. The molecule has 0 rings (SSSR count). The zero-order chi connectivity index (χ0) is 9.78. The van der Waals surface area contributed by atoms with E-state index in [0.29, 0.717) is 6.42 Å². The predicted molar refractivity (Wildman–Crippen MR) is 43.9 cm³/mol. The molecule has 12 heavy (non-hydrogen) atoms. The third-order valence-corrected chi connectivity index (χ3v) is 1.71. The molecule has 0 amide bonds. The zero-order valence-corrected chi connectivity index (χ0v) is 7.70. The smallest absolute Gasteiger partial charge is 0.171 e. The van der Waals surface area contributed by atoms with E-state index in [1.54, 1.807) is 0 Å². The van der Waals surface area contributed by atoms with Crippen molar-refractivity contribution >= 4 is 0 Å². The van der Waals surface area contributed by atoms with Crippen LogP contribution in [0.3, 0.4) is 0 Å². The van der Waals surface area contributed by atoms with Gasteiger partial charge in [-0.2, -0.15) is 13.2 Å². The van der Waals surface area contributed by atoms with Crippen LogP contribution >= 0.6 is 0 Å². The molecule has 0 aliphatic rings. The first-order valence-electron chi connectivity index (χ1n) is 4.04. The number of allylic oxidation sites excluding steroid dienone is 2. The van der Waals surface area contributed by atoms with Gasteiger partial charge < -0.3 is 0 Å². The minimum absolute atomic E-state index is 0.189. The Kier molecular flexibility index (Phi) is 4.35. The Balaban J connectivity index is 3.73. The summed E-state index contributed by atoms with van der Waals surface area (Å²) in [4.78, 5) is 0. The van der Waals surface area contributed by atoms with Crippen LogP contribution in [0.25, 0.3) is 0 Å². The maximum atomic E-state index is 12.0. The highest BCUT2D eigenvalue weighted by molar-refractivity contribution is 4.92. The Bertz CT molecular complexity index is 152. The van der Waals surface area contributed by atoms with Gasteiger partial charge in [-0.25, -0.2) is 0 Å². The van der Waals surface area contributed by atoms with E-state index in [-0.39, 0.29) is 6.42 Å². The third-order valence-electron chi connectivity index (χ3n) is 1.71. The van der Waals surface area contributed by atoms with E-state index in [1.165, 1.54) is 6.92 Å².